The van der Waals surface area contributed by atoms with E-state index in [1.54, 1.807) is 25.3 Å². The molecule has 0 radical (unpaired) electrons. The van der Waals surface area contributed by atoms with E-state index in [1.807, 2.05) is 79.7 Å². The summed E-state index contributed by atoms with van der Waals surface area (Å²) >= 11 is 0. The van der Waals surface area contributed by atoms with E-state index >= 15 is 0 Å². The number of ether oxygens (including phenoxy) is 2. The van der Waals surface area contributed by atoms with Gasteiger partial charge in [0.15, 0.2) is 11.5 Å². The van der Waals surface area contributed by atoms with Gasteiger partial charge in [0.05, 0.1) is 13.2 Å². The minimum atomic E-state index is -0.438. The molecule has 5 heteroatoms. The van der Waals surface area contributed by atoms with Crippen LogP contribution in [0.4, 0.5) is 0 Å². The molecule has 3 aromatic rings. The quantitative estimate of drug-likeness (QED) is 0.240. The van der Waals surface area contributed by atoms with Gasteiger partial charge in [0.2, 0.25) is 0 Å². The molecule has 34 heavy (non-hydrogen) atoms. The van der Waals surface area contributed by atoms with Crippen LogP contribution >= 0.6 is 0 Å². The maximum absolute atomic E-state index is 12.8. The molecule has 3 aromatic carbocycles. The first-order valence-corrected chi connectivity index (χ1v) is 11.0. The Balaban J connectivity index is 1.86. The van der Waals surface area contributed by atoms with Crippen LogP contribution in [0.5, 0.6) is 11.5 Å². The van der Waals surface area contributed by atoms with Gasteiger partial charge < -0.3 is 14.8 Å². The third-order valence-electron chi connectivity index (χ3n) is 5.29. The summed E-state index contributed by atoms with van der Waals surface area (Å²) in [6, 6.07) is 24.9. The lowest BCUT2D eigenvalue weighted by atomic mass is 10.0. The monoisotopic (exact) mass is 452 g/mol. The zero-order valence-corrected chi connectivity index (χ0v) is 19.5. The van der Waals surface area contributed by atoms with Crippen molar-refractivity contribution in [3.05, 3.63) is 113 Å². The molecular weight excluding hydrogens is 424 g/mol. The van der Waals surface area contributed by atoms with Crippen molar-refractivity contribution in [2.24, 2.45) is 0 Å². The van der Waals surface area contributed by atoms with E-state index in [2.05, 4.69) is 11.9 Å². The first-order valence-electron chi connectivity index (χ1n) is 11.0. The molecule has 0 aliphatic rings. The van der Waals surface area contributed by atoms with Crippen LogP contribution < -0.4 is 14.8 Å². The number of rotatable bonds is 10. The Morgan fingerprint density at radius 2 is 1.79 bits per heavy atom. The minimum Gasteiger partial charge on any atom is -0.493 e. The Morgan fingerprint density at radius 3 is 2.41 bits per heavy atom. The van der Waals surface area contributed by atoms with Crippen molar-refractivity contribution in [3.63, 3.8) is 0 Å². The summed E-state index contributed by atoms with van der Waals surface area (Å²) in [5, 5.41) is 12.5. The molecule has 172 valence electrons. The average Bonchev–Trinajstić information content (AvgIpc) is 2.87. The predicted molar refractivity (Wildman–Crippen MR) is 134 cm³/mol. The van der Waals surface area contributed by atoms with E-state index in [9.17, 15) is 10.1 Å². The average molecular weight is 453 g/mol. The van der Waals surface area contributed by atoms with Crippen LogP contribution in [0.1, 0.15) is 35.2 Å². The first kappa shape index (κ1) is 24.3. The standard InChI is InChI=1S/C29H28N2O3/c1-4-11-25-16-23(18-27(33-3)28(25)34-20-22-12-7-5-8-13-22)17-26(19-30)29(32)31-21(2)24-14-9-6-10-15-24/h4-10,12-18,21H,1,11,20H2,2-3H3,(H,31,32)/b26-17-/t21-/m0/s1. The molecule has 0 saturated heterocycles. The second-order valence-corrected chi connectivity index (χ2v) is 7.75. The van der Waals surface area contributed by atoms with Crippen molar-refractivity contribution in [2.45, 2.75) is 26.0 Å². The molecule has 0 spiro atoms. The summed E-state index contributed by atoms with van der Waals surface area (Å²) in [6.07, 6.45) is 3.88. The molecule has 0 aromatic heterocycles. The topological polar surface area (TPSA) is 71.4 Å². The van der Waals surface area contributed by atoms with Crippen LogP contribution in [-0.2, 0) is 17.8 Å². The van der Waals surface area contributed by atoms with Crippen LogP contribution in [0.25, 0.3) is 6.08 Å². The Labute approximate surface area is 201 Å². The van der Waals surface area contributed by atoms with E-state index in [1.165, 1.54) is 0 Å². The number of carbonyl (C=O) groups excluding carboxylic acids is 1. The molecule has 0 fully saturated rings. The fourth-order valence-corrected chi connectivity index (χ4v) is 3.53. The van der Waals surface area contributed by atoms with Crippen molar-refractivity contribution in [1.82, 2.24) is 5.32 Å². The highest BCUT2D eigenvalue weighted by atomic mass is 16.5. The number of hydrogen-bond donors (Lipinski definition) is 1. The Kier molecular flexibility index (Phi) is 8.65. The number of carbonyl (C=O) groups is 1. The molecule has 1 N–H and O–H groups in total. The maximum Gasteiger partial charge on any atom is 0.262 e. The van der Waals surface area contributed by atoms with E-state index in [0.29, 0.717) is 30.1 Å². The molecule has 0 unspecified atom stereocenters. The fraction of sp³-hybridized carbons (Fsp3) is 0.172. The van der Waals surface area contributed by atoms with Crippen LogP contribution in [0.15, 0.2) is 91.0 Å². The number of nitriles is 1. The number of allylic oxidation sites excluding steroid dienone is 1. The zero-order valence-electron chi connectivity index (χ0n) is 19.5. The molecule has 0 aliphatic carbocycles. The molecule has 1 amide bonds. The predicted octanol–water partition coefficient (Wildman–Crippen LogP) is 5.79. The number of nitrogens with zero attached hydrogens (tertiary/aromatic N) is 1. The van der Waals surface area contributed by atoms with Crippen molar-refractivity contribution in [3.8, 4) is 17.6 Å². The second-order valence-electron chi connectivity index (χ2n) is 7.75. The first-order chi connectivity index (χ1) is 16.5. The second kappa shape index (κ2) is 12.1. The van der Waals surface area contributed by atoms with E-state index in [-0.39, 0.29) is 11.6 Å². The lowest BCUT2D eigenvalue weighted by Crippen LogP contribution is -2.27. The van der Waals surface area contributed by atoms with Crippen LogP contribution in [0, 0.1) is 11.3 Å². The van der Waals surface area contributed by atoms with Crippen LogP contribution in [0.3, 0.4) is 0 Å². The highest BCUT2D eigenvalue weighted by molar-refractivity contribution is 6.02. The van der Waals surface area contributed by atoms with Gasteiger partial charge in [-0.2, -0.15) is 5.26 Å². The molecule has 5 nitrogen and oxygen atoms in total. The molecule has 0 saturated carbocycles. The molecule has 0 aliphatic heterocycles. The van der Waals surface area contributed by atoms with E-state index in [0.717, 1.165) is 16.7 Å². The Hall–Kier alpha value is -4.30. The van der Waals surface area contributed by atoms with Gasteiger partial charge in [-0.1, -0.05) is 66.7 Å². The summed E-state index contributed by atoms with van der Waals surface area (Å²) in [5.74, 6) is 0.702. The highest BCUT2D eigenvalue weighted by Gasteiger charge is 2.16. The number of methoxy groups -OCH3 is 1. The highest BCUT2D eigenvalue weighted by Crippen LogP contribution is 2.35. The van der Waals surface area contributed by atoms with Crippen LogP contribution in [-0.4, -0.2) is 13.0 Å². The fourth-order valence-electron chi connectivity index (χ4n) is 3.53. The van der Waals surface area contributed by atoms with Gasteiger partial charge in [-0.3, -0.25) is 4.79 Å². The van der Waals surface area contributed by atoms with E-state index < -0.39 is 5.91 Å². The number of hydrogen-bond acceptors (Lipinski definition) is 4. The van der Waals surface area contributed by atoms with Crippen LogP contribution in [0.2, 0.25) is 0 Å². The largest absolute Gasteiger partial charge is 0.493 e. The smallest absolute Gasteiger partial charge is 0.262 e. The summed E-state index contributed by atoms with van der Waals surface area (Å²) in [6.45, 7) is 6.11. The summed E-state index contributed by atoms with van der Waals surface area (Å²) in [4.78, 5) is 12.8. The lowest BCUT2D eigenvalue weighted by Gasteiger charge is -2.16. The van der Waals surface area contributed by atoms with Gasteiger partial charge >= 0.3 is 0 Å². The van der Waals surface area contributed by atoms with Crippen molar-refractivity contribution >= 4 is 12.0 Å². The molecule has 1 atom stereocenters. The normalized spacial score (nSPS) is 11.7. The third kappa shape index (κ3) is 6.36. The SMILES string of the molecule is C=CCc1cc(/C=C(/C#N)C(=O)N[C@@H](C)c2ccccc2)cc(OC)c1OCc1ccccc1. The maximum atomic E-state index is 12.8. The number of nitrogens with one attached hydrogen (secondary N) is 1. The number of benzene rings is 3. The van der Waals surface area contributed by atoms with Crippen molar-refractivity contribution < 1.29 is 14.3 Å². The third-order valence-corrected chi connectivity index (χ3v) is 5.29. The Morgan fingerprint density at radius 1 is 1.12 bits per heavy atom. The van der Waals surface area contributed by atoms with Gasteiger partial charge in [-0.15, -0.1) is 6.58 Å². The molecule has 0 bridgehead atoms. The lowest BCUT2D eigenvalue weighted by molar-refractivity contribution is -0.117. The number of amides is 1. The Bertz CT molecular complexity index is 1200. The van der Waals surface area contributed by atoms with Crippen molar-refractivity contribution in [1.29, 1.82) is 5.26 Å². The van der Waals surface area contributed by atoms with Gasteiger partial charge in [-0.05, 0) is 48.2 Å². The minimum absolute atomic E-state index is 0.00680. The van der Waals surface area contributed by atoms with Gasteiger partial charge in [0.1, 0.15) is 18.2 Å². The summed E-state index contributed by atoms with van der Waals surface area (Å²) in [5.41, 5.74) is 3.52. The zero-order chi connectivity index (χ0) is 24.3. The molecular formula is C29H28N2O3. The van der Waals surface area contributed by atoms with Crippen molar-refractivity contribution in [2.75, 3.05) is 7.11 Å². The summed E-state index contributed by atoms with van der Waals surface area (Å²) < 4.78 is 11.7. The van der Waals surface area contributed by atoms with E-state index in [4.69, 9.17) is 9.47 Å². The van der Waals surface area contributed by atoms with Gasteiger partial charge in [0, 0.05) is 5.56 Å². The molecule has 0 heterocycles. The van der Waals surface area contributed by atoms with Gasteiger partial charge in [0.25, 0.3) is 5.91 Å². The summed E-state index contributed by atoms with van der Waals surface area (Å²) in [7, 11) is 1.56. The molecule has 3 rings (SSSR count). The van der Waals surface area contributed by atoms with Gasteiger partial charge in [-0.25, -0.2) is 0 Å².